The standard InChI is InChI=1S/C14H14FN/c1-10-6-7-12(14(16)8-10)9-11-4-2-3-5-13(11)15/h2-8H,9,16H2,1H3. The lowest BCUT2D eigenvalue weighted by atomic mass is 10.0. The van der Waals surface area contributed by atoms with E-state index in [1.54, 1.807) is 12.1 Å². The molecule has 2 aromatic carbocycles. The summed E-state index contributed by atoms with van der Waals surface area (Å²) in [5.74, 6) is -0.178. The fourth-order valence-electron chi connectivity index (χ4n) is 1.72. The van der Waals surface area contributed by atoms with Crippen LogP contribution in [0.25, 0.3) is 0 Å². The van der Waals surface area contributed by atoms with Crippen molar-refractivity contribution in [2.24, 2.45) is 0 Å². The van der Waals surface area contributed by atoms with Crippen LogP contribution in [0, 0.1) is 12.7 Å². The molecular weight excluding hydrogens is 201 g/mol. The molecule has 16 heavy (non-hydrogen) atoms. The van der Waals surface area contributed by atoms with Gasteiger partial charge in [0.1, 0.15) is 5.82 Å². The van der Waals surface area contributed by atoms with E-state index >= 15 is 0 Å². The molecule has 0 saturated carbocycles. The molecule has 0 fully saturated rings. The molecule has 0 aromatic heterocycles. The Morgan fingerprint density at radius 2 is 1.81 bits per heavy atom. The van der Waals surface area contributed by atoms with Gasteiger partial charge in [0.25, 0.3) is 0 Å². The molecule has 2 rings (SSSR count). The minimum atomic E-state index is -0.178. The Bertz CT molecular complexity index is 506. The third kappa shape index (κ3) is 2.22. The van der Waals surface area contributed by atoms with E-state index in [1.165, 1.54) is 6.07 Å². The Labute approximate surface area is 94.7 Å². The summed E-state index contributed by atoms with van der Waals surface area (Å²) in [5.41, 5.74) is 9.39. The summed E-state index contributed by atoms with van der Waals surface area (Å²) in [6.07, 6.45) is 0.540. The van der Waals surface area contributed by atoms with E-state index in [0.717, 1.165) is 16.8 Å². The number of aryl methyl sites for hydroxylation is 1. The number of benzene rings is 2. The highest BCUT2D eigenvalue weighted by Gasteiger charge is 2.04. The molecule has 2 aromatic rings. The lowest BCUT2D eigenvalue weighted by molar-refractivity contribution is 0.614. The first kappa shape index (κ1) is 10.7. The molecule has 0 bridgehead atoms. The summed E-state index contributed by atoms with van der Waals surface area (Å²) in [6.45, 7) is 1.99. The minimum Gasteiger partial charge on any atom is -0.398 e. The second-order valence-corrected chi connectivity index (χ2v) is 3.97. The number of hydrogen-bond acceptors (Lipinski definition) is 1. The molecule has 1 nitrogen and oxygen atoms in total. The van der Waals surface area contributed by atoms with Gasteiger partial charge >= 0.3 is 0 Å². The van der Waals surface area contributed by atoms with Crippen LogP contribution in [0.2, 0.25) is 0 Å². The zero-order valence-electron chi connectivity index (χ0n) is 9.20. The van der Waals surface area contributed by atoms with Crippen molar-refractivity contribution in [3.8, 4) is 0 Å². The third-order valence-electron chi connectivity index (χ3n) is 2.64. The number of nitrogen functional groups attached to an aromatic ring is 1. The number of nitrogens with two attached hydrogens (primary N) is 1. The van der Waals surface area contributed by atoms with Gasteiger partial charge < -0.3 is 5.73 Å². The summed E-state index contributed by atoms with van der Waals surface area (Å²) in [7, 11) is 0. The fraction of sp³-hybridized carbons (Fsp3) is 0.143. The summed E-state index contributed by atoms with van der Waals surface area (Å²) in [4.78, 5) is 0. The molecule has 0 aliphatic rings. The summed E-state index contributed by atoms with van der Waals surface area (Å²) >= 11 is 0. The maximum atomic E-state index is 13.4. The van der Waals surface area contributed by atoms with Gasteiger partial charge in [-0.05, 0) is 35.7 Å². The molecule has 0 spiro atoms. The van der Waals surface area contributed by atoms with Crippen LogP contribution < -0.4 is 5.73 Å². The van der Waals surface area contributed by atoms with Gasteiger partial charge in [0.2, 0.25) is 0 Å². The Hall–Kier alpha value is -1.83. The van der Waals surface area contributed by atoms with E-state index in [1.807, 2.05) is 31.2 Å². The van der Waals surface area contributed by atoms with Crippen molar-refractivity contribution in [2.75, 3.05) is 5.73 Å². The van der Waals surface area contributed by atoms with Gasteiger partial charge in [-0.25, -0.2) is 4.39 Å². The predicted octanol–water partition coefficient (Wildman–Crippen LogP) is 3.31. The minimum absolute atomic E-state index is 0.178. The van der Waals surface area contributed by atoms with Crippen LogP contribution in [0.1, 0.15) is 16.7 Å². The van der Waals surface area contributed by atoms with Crippen molar-refractivity contribution >= 4 is 5.69 Å². The topological polar surface area (TPSA) is 26.0 Å². The van der Waals surface area contributed by atoms with Crippen molar-refractivity contribution in [2.45, 2.75) is 13.3 Å². The fourth-order valence-corrected chi connectivity index (χ4v) is 1.72. The van der Waals surface area contributed by atoms with Crippen molar-refractivity contribution in [1.29, 1.82) is 0 Å². The van der Waals surface area contributed by atoms with Crippen LogP contribution >= 0.6 is 0 Å². The SMILES string of the molecule is Cc1ccc(Cc2ccccc2F)c(N)c1. The van der Waals surface area contributed by atoms with Gasteiger partial charge in [-0.2, -0.15) is 0 Å². The second kappa shape index (κ2) is 4.35. The van der Waals surface area contributed by atoms with Crippen molar-refractivity contribution in [3.05, 3.63) is 65.0 Å². The first-order chi connectivity index (χ1) is 7.66. The molecule has 0 heterocycles. The Morgan fingerprint density at radius 3 is 2.50 bits per heavy atom. The van der Waals surface area contributed by atoms with E-state index in [9.17, 15) is 4.39 Å². The summed E-state index contributed by atoms with van der Waals surface area (Å²) in [6, 6.07) is 12.6. The van der Waals surface area contributed by atoms with E-state index in [4.69, 9.17) is 5.73 Å². The average Bonchev–Trinajstić information content (AvgIpc) is 2.25. The van der Waals surface area contributed by atoms with E-state index in [2.05, 4.69) is 0 Å². The Balaban J connectivity index is 2.31. The molecule has 0 saturated heterocycles. The van der Waals surface area contributed by atoms with E-state index in [-0.39, 0.29) is 5.82 Å². The lowest BCUT2D eigenvalue weighted by Crippen LogP contribution is -1.98. The zero-order valence-corrected chi connectivity index (χ0v) is 9.20. The van der Waals surface area contributed by atoms with Crippen molar-refractivity contribution < 1.29 is 4.39 Å². The average molecular weight is 215 g/mol. The Kier molecular flexibility index (Phi) is 2.91. The predicted molar refractivity (Wildman–Crippen MR) is 64.8 cm³/mol. The highest BCUT2D eigenvalue weighted by molar-refractivity contribution is 5.50. The number of anilines is 1. The lowest BCUT2D eigenvalue weighted by Gasteiger charge is -2.07. The smallest absolute Gasteiger partial charge is 0.126 e. The molecule has 0 unspecified atom stereocenters. The second-order valence-electron chi connectivity index (χ2n) is 3.97. The van der Waals surface area contributed by atoms with E-state index < -0.39 is 0 Å². The van der Waals surface area contributed by atoms with Gasteiger partial charge in [-0.3, -0.25) is 0 Å². The highest BCUT2D eigenvalue weighted by Crippen LogP contribution is 2.19. The molecule has 0 aliphatic carbocycles. The zero-order chi connectivity index (χ0) is 11.5. The quantitative estimate of drug-likeness (QED) is 0.764. The molecular formula is C14H14FN. The van der Waals surface area contributed by atoms with Crippen molar-refractivity contribution in [3.63, 3.8) is 0 Å². The first-order valence-corrected chi connectivity index (χ1v) is 5.25. The summed E-state index contributed by atoms with van der Waals surface area (Å²) in [5, 5.41) is 0. The highest BCUT2D eigenvalue weighted by atomic mass is 19.1. The van der Waals surface area contributed by atoms with Gasteiger partial charge in [0, 0.05) is 12.1 Å². The van der Waals surface area contributed by atoms with Crippen LogP contribution in [-0.4, -0.2) is 0 Å². The van der Waals surface area contributed by atoms with Crippen LogP contribution in [-0.2, 0) is 6.42 Å². The monoisotopic (exact) mass is 215 g/mol. The van der Waals surface area contributed by atoms with E-state index in [0.29, 0.717) is 12.0 Å². The van der Waals surface area contributed by atoms with Crippen LogP contribution in [0.15, 0.2) is 42.5 Å². The normalized spacial score (nSPS) is 10.4. The van der Waals surface area contributed by atoms with Gasteiger partial charge in [-0.15, -0.1) is 0 Å². The van der Waals surface area contributed by atoms with Gasteiger partial charge in [0.05, 0.1) is 0 Å². The van der Waals surface area contributed by atoms with Crippen LogP contribution in [0.3, 0.4) is 0 Å². The summed E-state index contributed by atoms with van der Waals surface area (Å²) < 4.78 is 13.4. The maximum absolute atomic E-state index is 13.4. The van der Waals surface area contributed by atoms with Crippen molar-refractivity contribution in [1.82, 2.24) is 0 Å². The van der Waals surface area contributed by atoms with Gasteiger partial charge in [0.15, 0.2) is 0 Å². The number of halogens is 1. The number of hydrogen-bond donors (Lipinski definition) is 1. The maximum Gasteiger partial charge on any atom is 0.126 e. The molecule has 0 aliphatic heterocycles. The largest absolute Gasteiger partial charge is 0.398 e. The van der Waals surface area contributed by atoms with Crippen LogP contribution in [0.4, 0.5) is 10.1 Å². The molecule has 2 N–H and O–H groups in total. The molecule has 0 amide bonds. The molecule has 0 radical (unpaired) electrons. The van der Waals surface area contributed by atoms with Crippen LogP contribution in [0.5, 0.6) is 0 Å². The number of rotatable bonds is 2. The van der Waals surface area contributed by atoms with Gasteiger partial charge in [-0.1, -0.05) is 30.3 Å². The Morgan fingerprint density at radius 1 is 1.06 bits per heavy atom. The molecule has 2 heteroatoms. The molecule has 82 valence electrons. The first-order valence-electron chi connectivity index (χ1n) is 5.25. The third-order valence-corrected chi connectivity index (χ3v) is 2.64. The molecule has 0 atom stereocenters.